The zero-order valence-corrected chi connectivity index (χ0v) is 23.7. The topological polar surface area (TPSA) is 64.5 Å². The standard InChI is InChI=1S/C39H25N5/c1-3-8-29-20-31(13-11-26(29)6-1)37-42-38(32-14-12-27-7-2-4-9-30(27)21-32)44-39(43-37)36-23-34(28-15-18-40-19-16-28)22-35(24-36)33-10-5-17-41-25-33/h1-25H. The van der Waals surface area contributed by atoms with Crippen LogP contribution in [0.25, 0.3) is 78.0 Å². The Morgan fingerprint density at radius 3 is 1.39 bits per heavy atom. The first-order chi connectivity index (χ1) is 21.8. The average molecular weight is 564 g/mol. The van der Waals surface area contributed by atoms with Crippen molar-refractivity contribution in [3.63, 3.8) is 0 Å². The molecule has 0 N–H and O–H groups in total. The van der Waals surface area contributed by atoms with Gasteiger partial charge in [-0.25, -0.2) is 15.0 Å². The normalized spacial score (nSPS) is 11.2. The van der Waals surface area contributed by atoms with Crippen LogP contribution in [-0.4, -0.2) is 24.9 Å². The molecule has 3 aromatic heterocycles. The summed E-state index contributed by atoms with van der Waals surface area (Å²) in [6, 6.07) is 43.8. The Hall–Kier alpha value is -6.07. The van der Waals surface area contributed by atoms with Crippen molar-refractivity contribution in [1.29, 1.82) is 0 Å². The Morgan fingerprint density at radius 1 is 0.295 bits per heavy atom. The van der Waals surface area contributed by atoms with Crippen LogP contribution in [0.2, 0.25) is 0 Å². The highest BCUT2D eigenvalue weighted by atomic mass is 15.0. The van der Waals surface area contributed by atoms with E-state index in [4.69, 9.17) is 15.0 Å². The lowest BCUT2D eigenvalue weighted by atomic mass is 9.97. The van der Waals surface area contributed by atoms with Crippen LogP contribution in [0, 0.1) is 0 Å². The third kappa shape index (κ3) is 4.97. The lowest BCUT2D eigenvalue weighted by Crippen LogP contribution is -2.01. The van der Waals surface area contributed by atoms with E-state index >= 15 is 0 Å². The molecule has 0 aliphatic carbocycles. The molecule has 44 heavy (non-hydrogen) atoms. The number of rotatable bonds is 5. The molecular formula is C39H25N5. The lowest BCUT2D eigenvalue weighted by molar-refractivity contribution is 1.08. The van der Waals surface area contributed by atoms with Crippen LogP contribution >= 0.6 is 0 Å². The van der Waals surface area contributed by atoms with Gasteiger partial charge in [-0.05, 0) is 86.8 Å². The maximum atomic E-state index is 5.09. The van der Waals surface area contributed by atoms with E-state index in [2.05, 4.69) is 119 Å². The summed E-state index contributed by atoms with van der Waals surface area (Å²) in [6.07, 6.45) is 7.29. The van der Waals surface area contributed by atoms with E-state index in [0.717, 1.165) is 49.7 Å². The summed E-state index contributed by atoms with van der Waals surface area (Å²) in [7, 11) is 0. The van der Waals surface area contributed by atoms with Crippen molar-refractivity contribution in [3.8, 4) is 56.4 Å². The van der Waals surface area contributed by atoms with Gasteiger partial charge < -0.3 is 0 Å². The molecule has 0 spiro atoms. The third-order valence-corrected chi connectivity index (χ3v) is 7.85. The van der Waals surface area contributed by atoms with E-state index < -0.39 is 0 Å². The Labute approximate surface area is 254 Å². The molecule has 0 amide bonds. The highest BCUT2D eigenvalue weighted by Gasteiger charge is 2.15. The smallest absolute Gasteiger partial charge is 0.164 e. The highest BCUT2D eigenvalue weighted by Crippen LogP contribution is 2.34. The second-order valence-electron chi connectivity index (χ2n) is 10.7. The van der Waals surface area contributed by atoms with Crippen molar-refractivity contribution in [3.05, 3.63) is 152 Å². The number of hydrogen-bond donors (Lipinski definition) is 0. The summed E-state index contributed by atoms with van der Waals surface area (Å²) in [5.41, 5.74) is 6.92. The predicted octanol–water partition coefficient (Wildman–Crippen LogP) is 9.30. The van der Waals surface area contributed by atoms with Crippen molar-refractivity contribution in [2.45, 2.75) is 0 Å². The maximum Gasteiger partial charge on any atom is 0.164 e. The minimum atomic E-state index is 0.604. The highest BCUT2D eigenvalue weighted by molar-refractivity contribution is 5.88. The Balaban J connectivity index is 1.36. The number of pyridine rings is 2. The predicted molar refractivity (Wildman–Crippen MR) is 178 cm³/mol. The molecule has 0 saturated carbocycles. The molecular weight excluding hydrogens is 538 g/mol. The second-order valence-corrected chi connectivity index (χ2v) is 10.7. The van der Waals surface area contributed by atoms with Gasteiger partial charge in [-0.1, -0.05) is 78.9 Å². The SMILES string of the molecule is c1cncc(-c2cc(-c3ccncc3)cc(-c3nc(-c4ccc5ccccc5c4)nc(-c4ccc5ccccc5c4)n3)c2)c1. The van der Waals surface area contributed by atoms with Crippen molar-refractivity contribution in [2.75, 3.05) is 0 Å². The average Bonchev–Trinajstić information content (AvgIpc) is 3.11. The van der Waals surface area contributed by atoms with Gasteiger partial charge in [0.25, 0.3) is 0 Å². The zero-order chi connectivity index (χ0) is 29.3. The second kappa shape index (κ2) is 11.0. The van der Waals surface area contributed by atoms with Crippen molar-refractivity contribution in [2.24, 2.45) is 0 Å². The quantitative estimate of drug-likeness (QED) is 0.209. The van der Waals surface area contributed by atoms with Gasteiger partial charge in [-0.2, -0.15) is 0 Å². The minimum Gasteiger partial charge on any atom is -0.265 e. The van der Waals surface area contributed by atoms with Crippen LogP contribution in [0.4, 0.5) is 0 Å². The molecule has 0 unspecified atom stereocenters. The molecule has 0 aliphatic heterocycles. The summed E-state index contributed by atoms with van der Waals surface area (Å²) in [5, 5.41) is 4.62. The third-order valence-electron chi connectivity index (χ3n) is 7.85. The van der Waals surface area contributed by atoms with E-state index in [1.54, 1.807) is 6.20 Å². The first kappa shape index (κ1) is 25.6. The van der Waals surface area contributed by atoms with E-state index in [9.17, 15) is 0 Å². The lowest BCUT2D eigenvalue weighted by Gasteiger charge is -2.13. The van der Waals surface area contributed by atoms with Gasteiger partial charge in [-0.15, -0.1) is 0 Å². The summed E-state index contributed by atoms with van der Waals surface area (Å²) < 4.78 is 0. The fourth-order valence-corrected chi connectivity index (χ4v) is 5.59. The summed E-state index contributed by atoms with van der Waals surface area (Å²) in [6.45, 7) is 0. The van der Waals surface area contributed by atoms with Crippen LogP contribution in [0.15, 0.2) is 152 Å². The Kier molecular flexibility index (Phi) is 6.39. The van der Waals surface area contributed by atoms with Crippen LogP contribution in [0.5, 0.6) is 0 Å². The maximum absolute atomic E-state index is 5.09. The first-order valence-electron chi connectivity index (χ1n) is 14.5. The van der Waals surface area contributed by atoms with Gasteiger partial charge in [-0.3, -0.25) is 9.97 Å². The van der Waals surface area contributed by atoms with Gasteiger partial charge in [0.05, 0.1) is 0 Å². The summed E-state index contributed by atoms with van der Waals surface area (Å²) in [5.74, 6) is 1.86. The van der Waals surface area contributed by atoms with Crippen molar-refractivity contribution < 1.29 is 0 Å². The van der Waals surface area contributed by atoms with Crippen LogP contribution in [-0.2, 0) is 0 Å². The molecule has 206 valence electrons. The van der Waals surface area contributed by atoms with Gasteiger partial charge in [0, 0.05) is 47.0 Å². The molecule has 5 aromatic carbocycles. The van der Waals surface area contributed by atoms with Crippen LogP contribution in [0.3, 0.4) is 0 Å². The van der Waals surface area contributed by atoms with Gasteiger partial charge in [0.2, 0.25) is 0 Å². The minimum absolute atomic E-state index is 0.604. The van der Waals surface area contributed by atoms with E-state index in [1.807, 2.05) is 36.8 Å². The molecule has 5 heteroatoms. The number of nitrogens with zero attached hydrogens (tertiary/aromatic N) is 5. The monoisotopic (exact) mass is 563 g/mol. The summed E-state index contributed by atoms with van der Waals surface area (Å²) >= 11 is 0. The molecule has 0 aliphatic rings. The fourth-order valence-electron chi connectivity index (χ4n) is 5.59. The number of benzene rings is 5. The molecule has 3 heterocycles. The Bertz CT molecular complexity index is 2130. The Morgan fingerprint density at radius 2 is 0.818 bits per heavy atom. The van der Waals surface area contributed by atoms with Crippen LogP contribution in [0.1, 0.15) is 0 Å². The van der Waals surface area contributed by atoms with E-state index in [-0.39, 0.29) is 0 Å². The number of aromatic nitrogens is 5. The first-order valence-corrected chi connectivity index (χ1v) is 14.5. The zero-order valence-electron chi connectivity index (χ0n) is 23.7. The molecule has 8 rings (SSSR count). The van der Waals surface area contributed by atoms with E-state index in [1.165, 1.54) is 10.8 Å². The van der Waals surface area contributed by atoms with Crippen LogP contribution < -0.4 is 0 Å². The van der Waals surface area contributed by atoms with Crippen molar-refractivity contribution >= 4 is 21.5 Å². The number of fused-ring (bicyclic) bond motifs is 2. The molecule has 0 atom stereocenters. The number of hydrogen-bond acceptors (Lipinski definition) is 5. The molecule has 0 saturated heterocycles. The van der Waals surface area contributed by atoms with Crippen molar-refractivity contribution in [1.82, 2.24) is 24.9 Å². The van der Waals surface area contributed by atoms with Gasteiger partial charge in [0.1, 0.15) is 0 Å². The van der Waals surface area contributed by atoms with E-state index in [0.29, 0.717) is 17.5 Å². The van der Waals surface area contributed by atoms with Gasteiger partial charge >= 0.3 is 0 Å². The summed E-state index contributed by atoms with van der Waals surface area (Å²) in [4.78, 5) is 23.8. The largest absolute Gasteiger partial charge is 0.265 e. The molecule has 0 fully saturated rings. The molecule has 5 nitrogen and oxygen atoms in total. The molecule has 0 bridgehead atoms. The van der Waals surface area contributed by atoms with Gasteiger partial charge in [0.15, 0.2) is 17.5 Å². The fraction of sp³-hybridized carbons (Fsp3) is 0. The molecule has 0 radical (unpaired) electrons. The molecule has 8 aromatic rings.